The molecule has 5 heteroatoms. The maximum atomic E-state index is 13.0. The smallest absolute Gasteiger partial charge is 0.341 e. The summed E-state index contributed by atoms with van der Waals surface area (Å²) in [4.78, 5) is 11.6. The van der Waals surface area contributed by atoms with Crippen LogP contribution in [0.4, 0.5) is 4.39 Å². The van der Waals surface area contributed by atoms with Crippen LogP contribution in [-0.2, 0) is 11.3 Å². The van der Waals surface area contributed by atoms with Gasteiger partial charge in [0.15, 0.2) is 0 Å². The third-order valence-corrected chi connectivity index (χ3v) is 2.65. The van der Waals surface area contributed by atoms with Gasteiger partial charge in [-0.1, -0.05) is 12.1 Å². The van der Waals surface area contributed by atoms with Crippen LogP contribution < -0.4 is 4.74 Å². The van der Waals surface area contributed by atoms with Gasteiger partial charge in [0.1, 0.15) is 29.5 Å². The Kier molecular flexibility index (Phi) is 4.20. The van der Waals surface area contributed by atoms with Crippen molar-refractivity contribution >= 4 is 5.97 Å². The van der Waals surface area contributed by atoms with Crippen LogP contribution in [0.2, 0.25) is 0 Å². The van der Waals surface area contributed by atoms with Gasteiger partial charge in [0, 0.05) is 6.07 Å². The summed E-state index contributed by atoms with van der Waals surface area (Å²) in [5.74, 6) is -0.789. The van der Waals surface area contributed by atoms with Crippen LogP contribution in [0.25, 0.3) is 0 Å². The van der Waals surface area contributed by atoms with Crippen molar-refractivity contribution in [2.24, 2.45) is 0 Å². The van der Waals surface area contributed by atoms with Crippen molar-refractivity contribution in [1.29, 1.82) is 0 Å². The summed E-state index contributed by atoms with van der Waals surface area (Å²) in [6.07, 6.45) is 0. The fourth-order valence-electron chi connectivity index (χ4n) is 1.70. The SMILES string of the molecule is COC(=O)c1ccc(O)cc1OCc1cccc(F)c1. The number of carbonyl (C=O) groups excluding carboxylic acids is 1. The fraction of sp³-hybridized carbons (Fsp3) is 0.133. The fourth-order valence-corrected chi connectivity index (χ4v) is 1.70. The number of halogens is 1. The first-order chi connectivity index (χ1) is 9.60. The monoisotopic (exact) mass is 276 g/mol. The maximum absolute atomic E-state index is 13.0. The van der Waals surface area contributed by atoms with E-state index in [1.165, 1.54) is 37.4 Å². The van der Waals surface area contributed by atoms with E-state index in [1.54, 1.807) is 12.1 Å². The van der Waals surface area contributed by atoms with E-state index < -0.39 is 5.97 Å². The van der Waals surface area contributed by atoms with Crippen LogP contribution in [0.1, 0.15) is 15.9 Å². The number of rotatable bonds is 4. The average molecular weight is 276 g/mol. The molecule has 0 fully saturated rings. The first-order valence-electron chi connectivity index (χ1n) is 5.88. The van der Waals surface area contributed by atoms with Crippen molar-refractivity contribution in [3.63, 3.8) is 0 Å². The highest BCUT2D eigenvalue weighted by Crippen LogP contribution is 2.25. The molecule has 0 radical (unpaired) electrons. The normalized spacial score (nSPS) is 10.1. The number of aromatic hydroxyl groups is 1. The second kappa shape index (κ2) is 6.06. The second-order valence-electron chi connectivity index (χ2n) is 4.09. The van der Waals surface area contributed by atoms with Gasteiger partial charge in [-0.2, -0.15) is 0 Å². The molecule has 0 saturated carbocycles. The molecule has 2 aromatic carbocycles. The van der Waals surface area contributed by atoms with Crippen molar-refractivity contribution in [2.45, 2.75) is 6.61 Å². The molecule has 0 saturated heterocycles. The largest absolute Gasteiger partial charge is 0.508 e. The summed E-state index contributed by atoms with van der Waals surface area (Å²) in [7, 11) is 1.26. The molecule has 0 unspecified atom stereocenters. The molecule has 1 N–H and O–H groups in total. The molecular formula is C15H13FO4. The Bertz CT molecular complexity index is 625. The molecule has 4 nitrogen and oxygen atoms in total. The van der Waals surface area contributed by atoms with Crippen molar-refractivity contribution in [3.8, 4) is 11.5 Å². The number of benzene rings is 2. The van der Waals surface area contributed by atoms with Gasteiger partial charge in [-0.15, -0.1) is 0 Å². The van der Waals surface area contributed by atoms with Crippen molar-refractivity contribution in [3.05, 3.63) is 59.4 Å². The zero-order valence-corrected chi connectivity index (χ0v) is 10.8. The second-order valence-corrected chi connectivity index (χ2v) is 4.09. The lowest BCUT2D eigenvalue weighted by Crippen LogP contribution is -2.05. The summed E-state index contributed by atoms with van der Waals surface area (Å²) in [5.41, 5.74) is 0.811. The number of hydrogen-bond donors (Lipinski definition) is 1. The summed E-state index contributed by atoms with van der Waals surface area (Å²) in [6, 6.07) is 10.0. The molecule has 0 aliphatic rings. The molecule has 0 aromatic heterocycles. The Morgan fingerprint density at radius 2 is 2.05 bits per heavy atom. The average Bonchev–Trinajstić information content (AvgIpc) is 2.44. The molecule has 0 aliphatic carbocycles. The van der Waals surface area contributed by atoms with Crippen LogP contribution in [-0.4, -0.2) is 18.2 Å². The lowest BCUT2D eigenvalue weighted by Gasteiger charge is -2.10. The minimum Gasteiger partial charge on any atom is -0.508 e. The third kappa shape index (κ3) is 3.26. The van der Waals surface area contributed by atoms with Crippen LogP contribution in [0.15, 0.2) is 42.5 Å². The summed E-state index contributed by atoms with van der Waals surface area (Å²) < 4.78 is 23.1. The van der Waals surface area contributed by atoms with E-state index in [-0.39, 0.29) is 29.5 Å². The molecule has 2 aromatic rings. The number of hydrogen-bond acceptors (Lipinski definition) is 4. The molecule has 0 heterocycles. The third-order valence-electron chi connectivity index (χ3n) is 2.65. The number of esters is 1. The van der Waals surface area contributed by atoms with E-state index in [9.17, 15) is 14.3 Å². The van der Waals surface area contributed by atoms with Crippen molar-refractivity contribution in [2.75, 3.05) is 7.11 Å². The number of carbonyl (C=O) groups is 1. The minimum absolute atomic E-state index is 0.0353. The van der Waals surface area contributed by atoms with Gasteiger partial charge < -0.3 is 14.6 Å². The van der Waals surface area contributed by atoms with Crippen molar-refractivity contribution < 1.29 is 23.8 Å². The highest BCUT2D eigenvalue weighted by Gasteiger charge is 2.14. The minimum atomic E-state index is -0.570. The first kappa shape index (κ1) is 13.9. The Hall–Kier alpha value is -2.56. The summed E-state index contributed by atoms with van der Waals surface area (Å²) >= 11 is 0. The number of ether oxygens (including phenoxy) is 2. The lowest BCUT2D eigenvalue weighted by atomic mass is 10.2. The van der Waals surface area contributed by atoms with Gasteiger partial charge in [0.2, 0.25) is 0 Å². The zero-order valence-electron chi connectivity index (χ0n) is 10.8. The van der Waals surface area contributed by atoms with Gasteiger partial charge >= 0.3 is 5.97 Å². The van der Waals surface area contributed by atoms with Gasteiger partial charge in [-0.3, -0.25) is 0 Å². The maximum Gasteiger partial charge on any atom is 0.341 e. The molecule has 0 atom stereocenters. The van der Waals surface area contributed by atoms with Crippen LogP contribution >= 0.6 is 0 Å². The zero-order chi connectivity index (χ0) is 14.5. The molecule has 0 amide bonds. The van der Waals surface area contributed by atoms with Gasteiger partial charge in [-0.25, -0.2) is 9.18 Å². The Morgan fingerprint density at radius 1 is 1.25 bits per heavy atom. The van der Waals surface area contributed by atoms with Crippen LogP contribution in [0.3, 0.4) is 0 Å². The predicted octanol–water partition coefficient (Wildman–Crippen LogP) is 2.90. The molecule has 0 spiro atoms. The lowest BCUT2D eigenvalue weighted by molar-refractivity contribution is 0.0595. The first-order valence-corrected chi connectivity index (χ1v) is 5.88. The number of phenols is 1. The van der Waals surface area contributed by atoms with E-state index >= 15 is 0 Å². The Labute approximate surface area is 115 Å². The van der Waals surface area contributed by atoms with Gasteiger partial charge in [0.05, 0.1) is 7.11 Å². The molecule has 0 aliphatic heterocycles. The molecular weight excluding hydrogens is 263 g/mol. The van der Waals surface area contributed by atoms with E-state index in [4.69, 9.17) is 4.74 Å². The standard InChI is InChI=1S/C15H13FO4/c1-19-15(18)13-6-5-12(17)8-14(13)20-9-10-3-2-4-11(16)7-10/h2-8,17H,9H2,1H3. The molecule has 2 rings (SSSR count). The Balaban J connectivity index is 2.20. The van der Waals surface area contributed by atoms with Gasteiger partial charge in [-0.05, 0) is 29.8 Å². The van der Waals surface area contributed by atoms with Crippen LogP contribution in [0.5, 0.6) is 11.5 Å². The number of phenolic OH excluding ortho intramolecular Hbond substituents is 1. The van der Waals surface area contributed by atoms with E-state index in [0.717, 1.165) is 0 Å². The summed E-state index contributed by atoms with van der Waals surface area (Å²) in [5, 5.41) is 9.44. The van der Waals surface area contributed by atoms with Crippen molar-refractivity contribution in [1.82, 2.24) is 0 Å². The van der Waals surface area contributed by atoms with E-state index in [0.29, 0.717) is 5.56 Å². The topological polar surface area (TPSA) is 55.8 Å². The summed E-state index contributed by atoms with van der Waals surface area (Å²) in [6.45, 7) is 0.0746. The molecule has 104 valence electrons. The Morgan fingerprint density at radius 3 is 2.75 bits per heavy atom. The molecule has 0 bridgehead atoms. The highest BCUT2D eigenvalue weighted by molar-refractivity contribution is 5.92. The highest BCUT2D eigenvalue weighted by atomic mass is 19.1. The predicted molar refractivity (Wildman–Crippen MR) is 70.2 cm³/mol. The number of methoxy groups -OCH3 is 1. The quantitative estimate of drug-likeness (QED) is 0.872. The van der Waals surface area contributed by atoms with Gasteiger partial charge in [0.25, 0.3) is 0 Å². The molecule has 20 heavy (non-hydrogen) atoms. The van der Waals surface area contributed by atoms with E-state index in [1.807, 2.05) is 0 Å². The van der Waals surface area contributed by atoms with Crippen LogP contribution in [0, 0.1) is 5.82 Å². The van der Waals surface area contributed by atoms with E-state index in [2.05, 4.69) is 4.74 Å².